The van der Waals surface area contributed by atoms with E-state index in [2.05, 4.69) is 25.4 Å². The molecular weight excluding hydrogens is 526 g/mol. The lowest BCUT2D eigenvalue weighted by atomic mass is 9.94. The van der Waals surface area contributed by atoms with Crippen LogP contribution >= 0.6 is 11.3 Å². The topological polar surface area (TPSA) is 137 Å². The minimum absolute atomic E-state index is 0.0603. The monoisotopic (exact) mass is 555 g/mol. The second-order valence-electron chi connectivity index (χ2n) is 10.4. The van der Waals surface area contributed by atoms with E-state index in [-0.39, 0.29) is 17.8 Å². The molecule has 2 atom stereocenters. The molecule has 4 heterocycles. The number of benzene rings is 2. The van der Waals surface area contributed by atoms with Gasteiger partial charge in [-0.05, 0) is 56.9 Å². The zero-order valence-corrected chi connectivity index (χ0v) is 23.3. The van der Waals surface area contributed by atoms with Crippen LogP contribution < -0.4 is 5.73 Å². The summed E-state index contributed by atoms with van der Waals surface area (Å²) >= 11 is 1.59. The van der Waals surface area contributed by atoms with E-state index >= 15 is 0 Å². The predicted molar refractivity (Wildman–Crippen MR) is 149 cm³/mol. The van der Waals surface area contributed by atoms with Crippen LogP contribution in [-0.2, 0) is 12.0 Å². The van der Waals surface area contributed by atoms with Crippen molar-refractivity contribution in [3.63, 3.8) is 0 Å². The number of aromatic nitrogens is 5. The highest BCUT2D eigenvalue weighted by molar-refractivity contribution is 7.09. The van der Waals surface area contributed by atoms with Gasteiger partial charge in [-0.15, -0.1) is 31.7 Å². The fraction of sp³-hybridized carbons (Fsp3) is 0.310. The van der Waals surface area contributed by atoms with Crippen LogP contribution in [0.1, 0.15) is 64.2 Å². The average Bonchev–Trinajstić information content (AvgIpc) is 3.75. The molecule has 0 spiro atoms. The summed E-state index contributed by atoms with van der Waals surface area (Å²) in [5.41, 5.74) is 9.36. The third-order valence-electron chi connectivity index (χ3n) is 6.96. The van der Waals surface area contributed by atoms with Gasteiger partial charge >= 0.3 is 0 Å². The molecule has 10 nitrogen and oxygen atoms in total. The molecule has 6 rings (SSSR count). The highest BCUT2D eigenvalue weighted by atomic mass is 32.1. The number of carbonyl (C=O) groups is 1. The second kappa shape index (κ2) is 10.4. The molecule has 2 aromatic carbocycles. The van der Waals surface area contributed by atoms with E-state index in [1.807, 2.05) is 54.5 Å². The number of nitrogens with zero attached hydrogens (tertiary/aromatic N) is 6. The Kier molecular flexibility index (Phi) is 6.77. The summed E-state index contributed by atoms with van der Waals surface area (Å²) in [5.74, 6) is 1.17. The van der Waals surface area contributed by atoms with E-state index in [1.54, 1.807) is 36.5 Å². The maximum atomic E-state index is 13.9. The summed E-state index contributed by atoms with van der Waals surface area (Å²) in [6.45, 7) is 6.19. The number of rotatable bonds is 7. The zero-order valence-electron chi connectivity index (χ0n) is 22.5. The molecule has 40 heavy (non-hydrogen) atoms. The molecule has 1 fully saturated rings. The SMILES string of the molecule is Cc1csc([C@H]2CCCN2C(=O)c2cc(-c3nnc(C)o3)cc(-c3nnc([C@](C)(N)Cc4ccccc4)o3)c2)n1. The van der Waals surface area contributed by atoms with Gasteiger partial charge in [-0.1, -0.05) is 30.3 Å². The molecule has 11 heteroatoms. The first-order chi connectivity index (χ1) is 19.3. The average molecular weight is 556 g/mol. The van der Waals surface area contributed by atoms with E-state index in [4.69, 9.17) is 14.6 Å². The van der Waals surface area contributed by atoms with E-state index in [9.17, 15) is 4.79 Å². The van der Waals surface area contributed by atoms with Crippen LogP contribution in [0, 0.1) is 13.8 Å². The molecule has 1 amide bonds. The number of carbonyl (C=O) groups excluding carboxylic acids is 1. The summed E-state index contributed by atoms with van der Waals surface area (Å²) < 4.78 is 11.8. The van der Waals surface area contributed by atoms with Gasteiger partial charge in [-0.3, -0.25) is 4.79 Å². The van der Waals surface area contributed by atoms with E-state index < -0.39 is 5.54 Å². The van der Waals surface area contributed by atoms with Crippen molar-refractivity contribution < 1.29 is 13.6 Å². The minimum Gasteiger partial charge on any atom is -0.421 e. The normalized spacial score (nSPS) is 16.8. The highest BCUT2D eigenvalue weighted by Gasteiger charge is 2.34. The number of aryl methyl sites for hydroxylation is 2. The zero-order chi connectivity index (χ0) is 27.9. The summed E-state index contributed by atoms with van der Waals surface area (Å²) in [6, 6.07) is 15.2. The number of hydrogen-bond acceptors (Lipinski definition) is 10. The number of thiazole rings is 1. The Bertz CT molecular complexity index is 1660. The number of hydrogen-bond donors (Lipinski definition) is 1. The first-order valence-corrected chi connectivity index (χ1v) is 14.0. The van der Waals surface area contributed by atoms with Crippen molar-refractivity contribution in [2.24, 2.45) is 5.73 Å². The molecule has 0 saturated carbocycles. The fourth-order valence-electron chi connectivity index (χ4n) is 5.03. The van der Waals surface area contributed by atoms with E-state index in [0.29, 0.717) is 47.3 Å². The Morgan fingerprint density at radius 3 is 2.45 bits per heavy atom. The van der Waals surface area contributed by atoms with Crippen LogP contribution in [0.5, 0.6) is 0 Å². The van der Waals surface area contributed by atoms with Gasteiger partial charge in [0.05, 0.1) is 11.6 Å². The van der Waals surface area contributed by atoms with E-state index in [1.165, 1.54) is 0 Å². The number of nitrogens with two attached hydrogens (primary N) is 1. The van der Waals surface area contributed by atoms with Crippen molar-refractivity contribution in [2.75, 3.05) is 6.54 Å². The van der Waals surface area contributed by atoms with Crippen molar-refractivity contribution in [1.82, 2.24) is 30.3 Å². The van der Waals surface area contributed by atoms with Gasteiger partial charge in [-0.2, -0.15) is 0 Å². The number of amides is 1. The first-order valence-electron chi connectivity index (χ1n) is 13.1. The van der Waals surface area contributed by atoms with Crippen LogP contribution in [0.25, 0.3) is 22.9 Å². The van der Waals surface area contributed by atoms with Crippen molar-refractivity contribution in [3.8, 4) is 22.9 Å². The molecule has 0 unspecified atom stereocenters. The highest BCUT2D eigenvalue weighted by Crippen LogP contribution is 2.36. The van der Waals surface area contributed by atoms with Crippen molar-refractivity contribution >= 4 is 17.2 Å². The molecule has 1 aliphatic rings. The quantitative estimate of drug-likeness (QED) is 0.285. The van der Waals surface area contributed by atoms with Crippen molar-refractivity contribution in [1.29, 1.82) is 0 Å². The van der Waals surface area contributed by atoms with Gasteiger partial charge in [0.15, 0.2) is 0 Å². The Morgan fingerprint density at radius 2 is 1.77 bits per heavy atom. The Labute approximate surface area is 235 Å². The molecular formula is C29H29N7O3S. The standard InChI is InChI=1S/C29H29N7O3S/c1-17-16-40-26(31-17)23-10-7-11-36(23)27(37)22-13-20(24-33-32-18(2)38-24)12-21(14-22)25-34-35-28(39-25)29(3,30)15-19-8-5-4-6-9-19/h4-6,8-9,12-14,16,23H,7,10-11,15,30H2,1-3H3/t23-,29-/m1/s1. The van der Waals surface area contributed by atoms with Gasteiger partial charge in [-0.25, -0.2) is 4.98 Å². The van der Waals surface area contributed by atoms with Crippen molar-refractivity contribution in [3.05, 3.63) is 87.5 Å². The maximum absolute atomic E-state index is 13.9. The van der Waals surface area contributed by atoms with Crippen LogP contribution in [0.2, 0.25) is 0 Å². The van der Waals surface area contributed by atoms with Gasteiger partial charge in [0, 0.05) is 41.2 Å². The smallest absolute Gasteiger partial charge is 0.254 e. The van der Waals surface area contributed by atoms with Gasteiger partial charge in [0.25, 0.3) is 5.91 Å². The third kappa shape index (κ3) is 5.17. The predicted octanol–water partition coefficient (Wildman–Crippen LogP) is 5.25. The lowest BCUT2D eigenvalue weighted by Crippen LogP contribution is -2.35. The first kappa shape index (κ1) is 26.0. The Morgan fingerprint density at radius 1 is 1.05 bits per heavy atom. The lowest BCUT2D eigenvalue weighted by molar-refractivity contribution is 0.0735. The van der Waals surface area contributed by atoms with Gasteiger partial charge < -0.3 is 19.5 Å². The molecule has 5 aromatic rings. The fourth-order valence-corrected chi connectivity index (χ4v) is 5.98. The summed E-state index contributed by atoms with van der Waals surface area (Å²) in [5, 5.41) is 19.7. The Hall–Kier alpha value is -4.22. The molecule has 0 aliphatic carbocycles. The molecule has 204 valence electrons. The largest absolute Gasteiger partial charge is 0.421 e. The minimum atomic E-state index is -0.888. The molecule has 2 N–H and O–H groups in total. The van der Waals surface area contributed by atoms with Crippen LogP contribution in [-0.4, -0.2) is 42.7 Å². The third-order valence-corrected chi connectivity index (χ3v) is 8.03. The van der Waals surface area contributed by atoms with Gasteiger partial charge in [0.1, 0.15) is 5.01 Å². The lowest BCUT2D eigenvalue weighted by Gasteiger charge is -2.23. The summed E-state index contributed by atoms with van der Waals surface area (Å²) in [6.07, 6.45) is 2.30. The van der Waals surface area contributed by atoms with Crippen LogP contribution in [0.15, 0.2) is 62.7 Å². The maximum Gasteiger partial charge on any atom is 0.254 e. The molecule has 3 aromatic heterocycles. The molecule has 0 radical (unpaired) electrons. The second-order valence-corrected chi connectivity index (χ2v) is 11.3. The van der Waals surface area contributed by atoms with Crippen LogP contribution in [0.4, 0.5) is 0 Å². The summed E-state index contributed by atoms with van der Waals surface area (Å²) in [4.78, 5) is 20.5. The van der Waals surface area contributed by atoms with Gasteiger partial charge in [0.2, 0.25) is 23.6 Å². The molecule has 1 aliphatic heterocycles. The van der Waals surface area contributed by atoms with E-state index in [0.717, 1.165) is 29.1 Å². The van der Waals surface area contributed by atoms with Crippen molar-refractivity contribution in [2.45, 2.75) is 51.6 Å². The molecule has 0 bridgehead atoms. The number of likely N-dealkylation sites (tertiary alicyclic amines) is 1. The molecule has 1 saturated heterocycles. The summed E-state index contributed by atoms with van der Waals surface area (Å²) in [7, 11) is 0. The van der Waals surface area contributed by atoms with Crippen LogP contribution in [0.3, 0.4) is 0 Å². The Balaban J connectivity index is 1.36.